The molecule has 0 saturated heterocycles. The minimum Gasteiger partial charge on any atom is -0.354 e. The van der Waals surface area contributed by atoms with Gasteiger partial charge >= 0.3 is 0 Å². The minimum atomic E-state index is -0.280. The second kappa shape index (κ2) is 8.57. The molecule has 0 spiro atoms. The lowest BCUT2D eigenvalue weighted by Crippen LogP contribution is -2.38. The van der Waals surface area contributed by atoms with E-state index < -0.39 is 0 Å². The smallest absolute Gasteiger partial charge is 0.241 e. The number of hydrogen-bond acceptors (Lipinski definition) is 3. The van der Waals surface area contributed by atoms with Crippen LogP contribution in [-0.4, -0.2) is 41.4 Å². The van der Waals surface area contributed by atoms with Crippen LogP contribution in [0.25, 0.3) is 11.0 Å². The number of aromatic amines is 1. The van der Waals surface area contributed by atoms with Crippen LogP contribution in [0.5, 0.6) is 0 Å². The molecule has 0 fully saturated rings. The highest BCUT2D eigenvalue weighted by molar-refractivity contribution is 5.83. The van der Waals surface area contributed by atoms with E-state index in [1.807, 2.05) is 50.2 Å². The molecular weight excluding hydrogens is 348 g/mol. The van der Waals surface area contributed by atoms with Gasteiger partial charge in [0, 0.05) is 13.0 Å². The number of imidazole rings is 1. The van der Waals surface area contributed by atoms with Crippen LogP contribution < -0.4 is 5.32 Å². The maximum Gasteiger partial charge on any atom is 0.241 e. The van der Waals surface area contributed by atoms with Crippen molar-refractivity contribution < 1.29 is 4.79 Å². The molecule has 1 unspecified atom stereocenters. The average molecular weight is 379 g/mol. The van der Waals surface area contributed by atoms with Crippen LogP contribution in [0.15, 0.2) is 36.4 Å². The van der Waals surface area contributed by atoms with Gasteiger partial charge in [-0.2, -0.15) is 0 Å². The standard InChI is InChI=1S/C23H30N4O/c1-15-12-13-19-21(17(15)3)26-20(25-19)11-8-14-24-23(28)22(27(4)5)18-10-7-6-9-16(18)2/h6-7,9-10,12-13,22H,8,11,14H2,1-5H3,(H,24,28)(H,25,26). The Hall–Kier alpha value is -2.66. The van der Waals surface area contributed by atoms with Gasteiger partial charge in [0.05, 0.1) is 11.0 Å². The number of nitrogens with zero attached hydrogens (tertiary/aromatic N) is 2. The molecule has 148 valence electrons. The fourth-order valence-corrected chi connectivity index (χ4v) is 3.59. The topological polar surface area (TPSA) is 61.0 Å². The Kier molecular flexibility index (Phi) is 6.15. The van der Waals surface area contributed by atoms with Gasteiger partial charge in [-0.1, -0.05) is 30.3 Å². The number of amides is 1. The van der Waals surface area contributed by atoms with Gasteiger partial charge in [0.15, 0.2) is 0 Å². The molecule has 28 heavy (non-hydrogen) atoms. The molecule has 2 N–H and O–H groups in total. The Labute approximate surface area is 167 Å². The van der Waals surface area contributed by atoms with Crippen LogP contribution in [0.3, 0.4) is 0 Å². The maximum absolute atomic E-state index is 12.8. The van der Waals surface area contributed by atoms with E-state index in [4.69, 9.17) is 4.98 Å². The van der Waals surface area contributed by atoms with E-state index in [2.05, 4.69) is 36.3 Å². The van der Waals surface area contributed by atoms with Crippen molar-refractivity contribution in [2.45, 2.75) is 39.7 Å². The van der Waals surface area contributed by atoms with Gasteiger partial charge in [-0.05, 0) is 69.6 Å². The molecule has 0 aliphatic carbocycles. The normalized spacial score (nSPS) is 12.5. The third kappa shape index (κ3) is 4.25. The van der Waals surface area contributed by atoms with Crippen LogP contribution >= 0.6 is 0 Å². The predicted molar refractivity (Wildman–Crippen MR) is 115 cm³/mol. The molecule has 1 atom stereocenters. The lowest BCUT2D eigenvalue weighted by molar-refractivity contribution is -0.125. The molecule has 1 amide bonds. The van der Waals surface area contributed by atoms with E-state index in [1.54, 1.807) is 0 Å². The minimum absolute atomic E-state index is 0.0374. The molecule has 1 heterocycles. The third-order valence-electron chi connectivity index (χ3n) is 5.36. The van der Waals surface area contributed by atoms with Crippen molar-refractivity contribution >= 4 is 16.9 Å². The van der Waals surface area contributed by atoms with Crippen molar-refractivity contribution in [3.05, 3.63) is 64.5 Å². The molecule has 5 heteroatoms. The number of benzene rings is 2. The Balaban J connectivity index is 1.59. The van der Waals surface area contributed by atoms with E-state index in [1.165, 1.54) is 11.1 Å². The number of nitrogens with one attached hydrogen (secondary N) is 2. The molecule has 0 radical (unpaired) electrons. The van der Waals surface area contributed by atoms with Crippen LogP contribution in [0.1, 0.15) is 40.5 Å². The Morgan fingerprint density at radius 2 is 1.86 bits per heavy atom. The average Bonchev–Trinajstić information content (AvgIpc) is 3.07. The maximum atomic E-state index is 12.8. The number of likely N-dealkylation sites (N-methyl/N-ethyl adjacent to an activating group) is 1. The summed E-state index contributed by atoms with van der Waals surface area (Å²) in [4.78, 5) is 22.9. The first-order valence-electron chi connectivity index (χ1n) is 9.83. The van der Waals surface area contributed by atoms with Gasteiger partial charge in [-0.3, -0.25) is 9.69 Å². The van der Waals surface area contributed by atoms with E-state index in [0.29, 0.717) is 6.54 Å². The molecule has 0 saturated carbocycles. The van der Waals surface area contributed by atoms with E-state index in [0.717, 1.165) is 40.8 Å². The zero-order valence-electron chi connectivity index (χ0n) is 17.5. The highest BCUT2D eigenvalue weighted by Gasteiger charge is 2.23. The molecule has 3 aromatic rings. The van der Waals surface area contributed by atoms with E-state index in [-0.39, 0.29) is 11.9 Å². The lowest BCUT2D eigenvalue weighted by atomic mass is 10.00. The number of hydrogen-bond donors (Lipinski definition) is 2. The molecule has 0 aliphatic rings. The largest absolute Gasteiger partial charge is 0.354 e. The molecule has 0 bridgehead atoms. The number of rotatable bonds is 7. The van der Waals surface area contributed by atoms with Crippen molar-refractivity contribution in [3.63, 3.8) is 0 Å². The number of carbonyl (C=O) groups excluding carboxylic acids is 1. The zero-order valence-corrected chi connectivity index (χ0v) is 17.5. The monoisotopic (exact) mass is 378 g/mol. The highest BCUT2D eigenvalue weighted by atomic mass is 16.2. The summed E-state index contributed by atoms with van der Waals surface area (Å²) in [6, 6.07) is 12.0. The van der Waals surface area contributed by atoms with Crippen molar-refractivity contribution in [3.8, 4) is 0 Å². The van der Waals surface area contributed by atoms with Gasteiger partial charge in [-0.15, -0.1) is 0 Å². The van der Waals surface area contributed by atoms with Crippen molar-refractivity contribution in [1.29, 1.82) is 0 Å². The molecule has 1 aromatic heterocycles. The van der Waals surface area contributed by atoms with E-state index >= 15 is 0 Å². The zero-order chi connectivity index (χ0) is 20.3. The van der Waals surface area contributed by atoms with Crippen molar-refractivity contribution in [2.75, 3.05) is 20.6 Å². The second-order valence-electron chi connectivity index (χ2n) is 7.70. The van der Waals surface area contributed by atoms with Crippen LogP contribution in [0.4, 0.5) is 0 Å². The summed E-state index contributed by atoms with van der Waals surface area (Å²) in [7, 11) is 3.88. The van der Waals surface area contributed by atoms with Crippen LogP contribution in [0.2, 0.25) is 0 Å². The van der Waals surface area contributed by atoms with Crippen molar-refractivity contribution in [1.82, 2.24) is 20.2 Å². The Bertz CT molecular complexity index is 974. The molecule has 5 nitrogen and oxygen atoms in total. The van der Waals surface area contributed by atoms with Gasteiger partial charge in [0.2, 0.25) is 5.91 Å². The number of aromatic nitrogens is 2. The predicted octanol–water partition coefficient (Wildman–Crippen LogP) is 3.84. The third-order valence-corrected chi connectivity index (χ3v) is 5.36. The first-order chi connectivity index (χ1) is 13.4. The van der Waals surface area contributed by atoms with Crippen LogP contribution in [-0.2, 0) is 11.2 Å². The van der Waals surface area contributed by atoms with Gasteiger partial charge in [-0.25, -0.2) is 4.98 Å². The fraction of sp³-hybridized carbons (Fsp3) is 0.391. The highest BCUT2D eigenvalue weighted by Crippen LogP contribution is 2.22. The van der Waals surface area contributed by atoms with Crippen molar-refractivity contribution in [2.24, 2.45) is 0 Å². The quantitative estimate of drug-likeness (QED) is 0.614. The summed E-state index contributed by atoms with van der Waals surface area (Å²) in [6.45, 7) is 6.89. The van der Waals surface area contributed by atoms with Crippen LogP contribution in [0, 0.1) is 20.8 Å². The molecular formula is C23H30N4O. The summed E-state index contributed by atoms with van der Waals surface area (Å²) in [5.74, 6) is 1.01. The fourth-order valence-electron chi connectivity index (χ4n) is 3.59. The Morgan fingerprint density at radius 3 is 2.57 bits per heavy atom. The van der Waals surface area contributed by atoms with Gasteiger partial charge in [0.1, 0.15) is 11.9 Å². The summed E-state index contributed by atoms with van der Waals surface area (Å²) in [5.41, 5.74) is 6.78. The summed E-state index contributed by atoms with van der Waals surface area (Å²) in [6.07, 6.45) is 1.65. The summed E-state index contributed by atoms with van der Waals surface area (Å²) in [5, 5.41) is 3.09. The second-order valence-corrected chi connectivity index (χ2v) is 7.70. The van der Waals surface area contributed by atoms with Gasteiger partial charge in [0.25, 0.3) is 0 Å². The molecule has 2 aromatic carbocycles. The summed E-state index contributed by atoms with van der Waals surface area (Å²) >= 11 is 0. The Morgan fingerprint density at radius 1 is 1.11 bits per heavy atom. The van der Waals surface area contributed by atoms with Gasteiger partial charge < -0.3 is 10.3 Å². The number of fused-ring (bicyclic) bond motifs is 1. The van der Waals surface area contributed by atoms with E-state index in [9.17, 15) is 4.79 Å². The lowest BCUT2D eigenvalue weighted by Gasteiger charge is -2.25. The number of aryl methyl sites for hydroxylation is 4. The SMILES string of the molecule is Cc1ccccc1C(C(=O)NCCCc1nc2c(C)c(C)ccc2[nH]1)N(C)C. The number of carbonyl (C=O) groups is 1. The first-order valence-corrected chi connectivity index (χ1v) is 9.83. The number of H-pyrrole nitrogens is 1. The molecule has 0 aliphatic heterocycles. The first kappa shape index (κ1) is 20.1. The molecule has 3 rings (SSSR count). The summed E-state index contributed by atoms with van der Waals surface area (Å²) < 4.78 is 0.